The first-order chi connectivity index (χ1) is 11.0. The number of halogens is 1. The second kappa shape index (κ2) is 7.36. The molecule has 1 aliphatic rings. The van der Waals surface area contributed by atoms with Crippen molar-refractivity contribution in [3.63, 3.8) is 0 Å². The smallest absolute Gasteiger partial charge is 0.248 e. The zero-order valence-electron chi connectivity index (χ0n) is 14.3. The first kappa shape index (κ1) is 18.5. The normalized spacial score (nSPS) is 17.8. The van der Waals surface area contributed by atoms with E-state index in [2.05, 4.69) is 20.8 Å². The summed E-state index contributed by atoms with van der Waals surface area (Å²) in [6.45, 7) is 5.64. The fourth-order valence-corrected chi connectivity index (χ4v) is 3.27. The number of aromatic nitrogens is 4. The number of rotatable bonds is 4. The molecule has 1 saturated heterocycles. The standard InChI is InChI=1S/C16H24N6O.ClH/c1-12(14-11-19-21(3)13(14)2)20-15(23)16(5-8-17-9-6-16)22-10-4-7-18-22;/h4,7,10-12,17H,5-6,8-9H2,1-3H3,(H,20,23);1H. The van der Waals surface area contributed by atoms with Crippen LogP contribution < -0.4 is 10.6 Å². The summed E-state index contributed by atoms with van der Waals surface area (Å²) in [6, 6.07) is 1.78. The minimum Gasteiger partial charge on any atom is -0.347 e. The number of nitrogens with one attached hydrogen (secondary N) is 2. The number of carbonyl (C=O) groups is 1. The molecule has 0 bridgehead atoms. The van der Waals surface area contributed by atoms with Crippen molar-refractivity contribution in [3.05, 3.63) is 35.9 Å². The molecule has 1 aliphatic heterocycles. The van der Waals surface area contributed by atoms with Crippen LogP contribution in [-0.4, -0.2) is 38.6 Å². The summed E-state index contributed by atoms with van der Waals surface area (Å²) >= 11 is 0. The van der Waals surface area contributed by atoms with Gasteiger partial charge in [0.05, 0.1) is 12.2 Å². The highest BCUT2D eigenvalue weighted by Crippen LogP contribution is 2.28. The van der Waals surface area contributed by atoms with Gasteiger partial charge in [-0.3, -0.25) is 14.2 Å². The third-order valence-electron chi connectivity index (χ3n) is 4.88. The predicted octanol–water partition coefficient (Wildman–Crippen LogP) is 1.30. The number of nitrogens with zero attached hydrogens (tertiary/aromatic N) is 4. The fourth-order valence-electron chi connectivity index (χ4n) is 3.27. The average molecular weight is 353 g/mol. The van der Waals surface area contributed by atoms with Gasteiger partial charge in [-0.2, -0.15) is 10.2 Å². The molecule has 24 heavy (non-hydrogen) atoms. The first-order valence-corrected chi connectivity index (χ1v) is 8.05. The quantitative estimate of drug-likeness (QED) is 0.869. The van der Waals surface area contributed by atoms with E-state index < -0.39 is 5.54 Å². The van der Waals surface area contributed by atoms with Crippen molar-refractivity contribution in [2.24, 2.45) is 7.05 Å². The van der Waals surface area contributed by atoms with Crippen LogP contribution in [0.5, 0.6) is 0 Å². The third-order valence-corrected chi connectivity index (χ3v) is 4.88. The fraction of sp³-hybridized carbons (Fsp3) is 0.562. The zero-order valence-corrected chi connectivity index (χ0v) is 15.1. The Labute approximate surface area is 148 Å². The SMILES string of the molecule is Cc1c(C(C)NC(=O)C2(n3cccn3)CCNCC2)cnn1C.Cl. The number of hydrogen-bond acceptors (Lipinski definition) is 4. The lowest BCUT2D eigenvalue weighted by Crippen LogP contribution is -2.55. The summed E-state index contributed by atoms with van der Waals surface area (Å²) in [4.78, 5) is 13.1. The van der Waals surface area contributed by atoms with E-state index in [1.165, 1.54) is 0 Å². The van der Waals surface area contributed by atoms with E-state index in [1.54, 1.807) is 6.20 Å². The minimum atomic E-state index is -0.612. The van der Waals surface area contributed by atoms with Crippen molar-refractivity contribution in [2.45, 2.75) is 38.3 Å². The van der Waals surface area contributed by atoms with E-state index in [4.69, 9.17) is 0 Å². The van der Waals surface area contributed by atoms with Gasteiger partial charge in [-0.1, -0.05) is 0 Å². The highest BCUT2D eigenvalue weighted by Gasteiger charge is 2.42. The lowest BCUT2D eigenvalue weighted by molar-refractivity contribution is -0.132. The first-order valence-electron chi connectivity index (χ1n) is 8.05. The monoisotopic (exact) mass is 352 g/mol. The number of aryl methyl sites for hydroxylation is 1. The van der Waals surface area contributed by atoms with Gasteiger partial charge in [0.15, 0.2) is 0 Å². The Morgan fingerprint density at radius 1 is 1.38 bits per heavy atom. The molecule has 3 heterocycles. The molecule has 132 valence electrons. The van der Waals surface area contributed by atoms with Crippen molar-refractivity contribution in [1.29, 1.82) is 0 Å². The number of carbonyl (C=O) groups excluding carboxylic acids is 1. The van der Waals surface area contributed by atoms with Crippen LogP contribution in [0.15, 0.2) is 24.7 Å². The predicted molar refractivity (Wildman–Crippen MR) is 94.1 cm³/mol. The highest BCUT2D eigenvalue weighted by molar-refractivity contribution is 5.85. The lowest BCUT2D eigenvalue weighted by atomic mass is 9.87. The van der Waals surface area contributed by atoms with Crippen molar-refractivity contribution >= 4 is 18.3 Å². The number of amides is 1. The maximum absolute atomic E-state index is 13.1. The molecule has 2 aromatic rings. The minimum absolute atomic E-state index is 0. The molecule has 0 aromatic carbocycles. The van der Waals surface area contributed by atoms with Gasteiger partial charge in [0.2, 0.25) is 5.91 Å². The molecule has 0 radical (unpaired) electrons. The molecule has 0 saturated carbocycles. The van der Waals surface area contributed by atoms with Crippen molar-refractivity contribution in [1.82, 2.24) is 30.2 Å². The second-order valence-electron chi connectivity index (χ2n) is 6.24. The number of hydrogen-bond donors (Lipinski definition) is 2. The second-order valence-corrected chi connectivity index (χ2v) is 6.24. The molecular formula is C16H25ClN6O. The van der Waals surface area contributed by atoms with Crippen LogP contribution in [0.2, 0.25) is 0 Å². The molecule has 1 fully saturated rings. The van der Waals surface area contributed by atoms with Crippen molar-refractivity contribution in [3.8, 4) is 0 Å². The summed E-state index contributed by atoms with van der Waals surface area (Å²) in [5.74, 6) is 0.0263. The molecule has 8 heteroatoms. The van der Waals surface area contributed by atoms with E-state index >= 15 is 0 Å². The maximum Gasteiger partial charge on any atom is 0.248 e. The Balaban J connectivity index is 0.00000208. The molecule has 3 rings (SSSR count). The van der Waals surface area contributed by atoms with E-state index in [9.17, 15) is 4.79 Å². The Morgan fingerprint density at radius 2 is 2.08 bits per heavy atom. The Hall–Kier alpha value is -1.86. The summed E-state index contributed by atoms with van der Waals surface area (Å²) in [6.07, 6.45) is 6.90. The van der Waals surface area contributed by atoms with E-state index in [0.717, 1.165) is 37.2 Å². The Kier molecular flexibility index (Phi) is 5.66. The largest absolute Gasteiger partial charge is 0.347 e. The zero-order chi connectivity index (χ0) is 16.4. The van der Waals surface area contributed by atoms with Crippen molar-refractivity contribution in [2.75, 3.05) is 13.1 Å². The molecule has 7 nitrogen and oxygen atoms in total. The van der Waals surface area contributed by atoms with Crippen LogP contribution >= 0.6 is 12.4 Å². The average Bonchev–Trinajstić information content (AvgIpc) is 3.19. The molecular weight excluding hydrogens is 328 g/mol. The van der Waals surface area contributed by atoms with Gasteiger partial charge < -0.3 is 10.6 Å². The molecule has 0 aliphatic carbocycles. The van der Waals surface area contributed by atoms with E-state index in [1.807, 2.05) is 48.7 Å². The molecule has 1 amide bonds. The van der Waals surface area contributed by atoms with Crippen LogP contribution in [0.3, 0.4) is 0 Å². The summed E-state index contributed by atoms with van der Waals surface area (Å²) in [5, 5.41) is 15.1. The summed E-state index contributed by atoms with van der Waals surface area (Å²) < 4.78 is 3.64. The van der Waals surface area contributed by atoms with Crippen LogP contribution in [0.25, 0.3) is 0 Å². The maximum atomic E-state index is 13.1. The van der Waals surface area contributed by atoms with E-state index in [0.29, 0.717) is 0 Å². The summed E-state index contributed by atoms with van der Waals surface area (Å²) in [5.41, 5.74) is 1.50. The lowest BCUT2D eigenvalue weighted by Gasteiger charge is -2.37. The molecule has 0 spiro atoms. The van der Waals surface area contributed by atoms with Gasteiger partial charge in [0.1, 0.15) is 5.54 Å². The number of piperidine rings is 1. The van der Waals surface area contributed by atoms with Crippen LogP contribution in [0, 0.1) is 6.92 Å². The van der Waals surface area contributed by atoms with Crippen LogP contribution in [-0.2, 0) is 17.4 Å². The highest BCUT2D eigenvalue weighted by atomic mass is 35.5. The van der Waals surface area contributed by atoms with Crippen molar-refractivity contribution < 1.29 is 4.79 Å². The van der Waals surface area contributed by atoms with Gasteiger partial charge >= 0.3 is 0 Å². The molecule has 2 N–H and O–H groups in total. The van der Waals surface area contributed by atoms with Gasteiger partial charge in [-0.25, -0.2) is 0 Å². The van der Waals surface area contributed by atoms with Gasteiger partial charge in [0, 0.05) is 30.7 Å². The third kappa shape index (κ3) is 3.18. The molecule has 1 atom stereocenters. The topological polar surface area (TPSA) is 76.8 Å². The van der Waals surface area contributed by atoms with E-state index in [-0.39, 0.29) is 24.4 Å². The van der Waals surface area contributed by atoms with Gasteiger partial charge in [0.25, 0.3) is 0 Å². The summed E-state index contributed by atoms with van der Waals surface area (Å²) in [7, 11) is 1.91. The van der Waals surface area contributed by atoms with Gasteiger partial charge in [-0.15, -0.1) is 12.4 Å². The Bertz CT molecular complexity index is 675. The molecule has 1 unspecified atom stereocenters. The van der Waals surface area contributed by atoms with Gasteiger partial charge in [-0.05, 0) is 45.8 Å². The van der Waals surface area contributed by atoms with Crippen LogP contribution in [0.4, 0.5) is 0 Å². The van der Waals surface area contributed by atoms with Crippen LogP contribution in [0.1, 0.15) is 37.1 Å². The Morgan fingerprint density at radius 3 is 2.62 bits per heavy atom. The molecule has 2 aromatic heterocycles.